The Hall–Kier alpha value is -1.39. The summed E-state index contributed by atoms with van der Waals surface area (Å²) in [5, 5.41) is 19.0. The lowest BCUT2D eigenvalue weighted by atomic mass is 9.95. The Morgan fingerprint density at radius 3 is 2.39 bits per heavy atom. The molecule has 0 heterocycles. The highest BCUT2D eigenvalue weighted by Crippen LogP contribution is 2.22. The second kappa shape index (κ2) is 5.08. The number of hydrogen-bond donors (Lipinski definition) is 2. The van der Waals surface area contributed by atoms with E-state index in [0.29, 0.717) is 11.1 Å². The van der Waals surface area contributed by atoms with E-state index >= 15 is 0 Å². The van der Waals surface area contributed by atoms with E-state index in [1.807, 2.05) is 0 Å². The molecule has 0 amide bonds. The molecule has 0 saturated heterocycles. The number of hydrogen-bond acceptors (Lipinski definition) is 4. The third-order valence-corrected chi connectivity index (χ3v) is 2.43. The summed E-state index contributed by atoms with van der Waals surface area (Å²) < 4.78 is 5.24. The summed E-state index contributed by atoms with van der Waals surface area (Å²) in [6.45, 7) is 6.45. The topological polar surface area (TPSA) is 66.8 Å². The fraction of sp³-hybridized carbons (Fsp3) is 0.500. The van der Waals surface area contributed by atoms with E-state index in [1.54, 1.807) is 39.0 Å². The van der Waals surface area contributed by atoms with E-state index in [4.69, 9.17) is 9.84 Å². The van der Waals surface area contributed by atoms with Gasteiger partial charge in [-0.1, -0.05) is 12.1 Å². The van der Waals surface area contributed by atoms with Crippen LogP contribution in [0.15, 0.2) is 24.3 Å². The van der Waals surface area contributed by atoms with Gasteiger partial charge in [-0.2, -0.15) is 0 Å². The number of esters is 1. The van der Waals surface area contributed by atoms with Gasteiger partial charge in [-0.15, -0.1) is 0 Å². The molecule has 1 atom stereocenters. The number of ether oxygens (including phenoxy) is 1. The molecular weight excluding hydrogens is 232 g/mol. The maximum absolute atomic E-state index is 11.9. The van der Waals surface area contributed by atoms with Gasteiger partial charge in [-0.3, -0.25) is 0 Å². The van der Waals surface area contributed by atoms with Crippen LogP contribution in [0.2, 0.25) is 0 Å². The molecule has 0 aliphatic heterocycles. The number of aliphatic hydroxyl groups is 2. The first-order valence-corrected chi connectivity index (χ1v) is 5.83. The summed E-state index contributed by atoms with van der Waals surface area (Å²) in [7, 11) is 0. The first-order chi connectivity index (χ1) is 8.15. The highest BCUT2D eigenvalue weighted by molar-refractivity contribution is 5.89. The van der Waals surface area contributed by atoms with Crippen LogP contribution in [0.4, 0.5) is 0 Å². The van der Waals surface area contributed by atoms with Gasteiger partial charge in [0.25, 0.3) is 0 Å². The minimum atomic E-state index is -1.36. The first kappa shape index (κ1) is 14.7. The number of rotatable bonds is 3. The number of aliphatic hydroxyl groups excluding tert-OH is 1. The van der Waals surface area contributed by atoms with Gasteiger partial charge in [-0.05, 0) is 45.4 Å². The van der Waals surface area contributed by atoms with Crippen LogP contribution in [0.1, 0.15) is 43.6 Å². The van der Waals surface area contributed by atoms with Crippen LogP contribution < -0.4 is 0 Å². The van der Waals surface area contributed by atoms with Crippen LogP contribution in [0.3, 0.4) is 0 Å². The Labute approximate surface area is 107 Å². The van der Waals surface area contributed by atoms with Gasteiger partial charge in [0.2, 0.25) is 0 Å². The molecule has 0 unspecified atom stereocenters. The van der Waals surface area contributed by atoms with Gasteiger partial charge in [-0.25, -0.2) is 4.79 Å². The van der Waals surface area contributed by atoms with E-state index in [-0.39, 0.29) is 0 Å². The molecule has 0 bridgehead atoms. The van der Waals surface area contributed by atoms with Gasteiger partial charge in [0.05, 0.1) is 12.2 Å². The summed E-state index contributed by atoms with van der Waals surface area (Å²) >= 11 is 0. The molecule has 4 heteroatoms. The van der Waals surface area contributed by atoms with Crippen LogP contribution in [0.25, 0.3) is 0 Å². The molecule has 0 fully saturated rings. The van der Waals surface area contributed by atoms with Crippen LogP contribution in [0, 0.1) is 0 Å². The lowest BCUT2D eigenvalue weighted by molar-refractivity contribution is -0.00274. The molecule has 0 aromatic heterocycles. The van der Waals surface area contributed by atoms with E-state index in [1.165, 1.54) is 13.0 Å². The molecule has 0 aliphatic rings. The number of carbonyl (C=O) groups is 1. The Balaban J connectivity index is 2.99. The minimum Gasteiger partial charge on any atom is -0.456 e. The Morgan fingerprint density at radius 1 is 1.28 bits per heavy atom. The van der Waals surface area contributed by atoms with Gasteiger partial charge in [0.1, 0.15) is 11.2 Å². The largest absolute Gasteiger partial charge is 0.456 e. The lowest BCUT2D eigenvalue weighted by Crippen LogP contribution is -2.27. The molecule has 1 rings (SSSR count). The Bertz CT molecular complexity index is 430. The van der Waals surface area contributed by atoms with E-state index in [0.717, 1.165) is 0 Å². The first-order valence-electron chi connectivity index (χ1n) is 5.83. The standard InChI is InChI=1S/C14H20O4/c1-13(2,3)18-12(16)10-6-5-7-11(8-10)14(4,17)9-15/h5-8,15,17H,9H2,1-4H3/t14-/m1/s1. The third kappa shape index (κ3) is 3.82. The van der Waals surface area contributed by atoms with Gasteiger partial charge in [0.15, 0.2) is 0 Å². The van der Waals surface area contributed by atoms with Gasteiger partial charge < -0.3 is 14.9 Å². The van der Waals surface area contributed by atoms with Crippen molar-refractivity contribution in [3.63, 3.8) is 0 Å². The van der Waals surface area contributed by atoms with E-state index < -0.39 is 23.8 Å². The molecule has 1 aromatic rings. The summed E-state index contributed by atoms with van der Waals surface area (Å²) in [5.74, 6) is -0.446. The van der Waals surface area contributed by atoms with Crippen molar-refractivity contribution in [2.45, 2.75) is 38.9 Å². The van der Waals surface area contributed by atoms with Crippen LogP contribution in [-0.4, -0.2) is 28.4 Å². The predicted octanol–water partition coefficient (Wildman–Crippen LogP) is 1.84. The molecule has 1 aromatic carbocycles. The summed E-state index contributed by atoms with van der Waals surface area (Å²) in [6, 6.07) is 6.46. The van der Waals surface area contributed by atoms with E-state index in [2.05, 4.69) is 0 Å². The highest BCUT2D eigenvalue weighted by Gasteiger charge is 2.24. The molecule has 4 nitrogen and oxygen atoms in total. The molecule has 0 saturated carbocycles. The SMILES string of the molecule is CC(C)(C)OC(=O)c1cccc([C@](C)(O)CO)c1. The van der Waals surface area contributed by atoms with Crippen molar-refractivity contribution in [3.05, 3.63) is 35.4 Å². The van der Waals surface area contributed by atoms with Crippen molar-refractivity contribution in [2.75, 3.05) is 6.61 Å². The number of benzene rings is 1. The van der Waals surface area contributed by atoms with E-state index in [9.17, 15) is 9.90 Å². The average molecular weight is 252 g/mol. The zero-order valence-corrected chi connectivity index (χ0v) is 11.2. The zero-order valence-electron chi connectivity index (χ0n) is 11.2. The zero-order chi connectivity index (χ0) is 14.0. The molecule has 0 spiro atoms. The highest BCUT2D eigenvalue weighted by atomic mass is 16.6. The Kier molecular flexibility index (Phi) is 4.14. The smallest absolute Gasteiger partial charge is 0.338 e. The molecule has 100 valence electrons. The van der Waals surface area contributed by atoms with Crippen molar-refractivity contribution in [2.24, 2.45) is 0 Å². The second-order valence-electron chi connectivity index (χ2n) is 5.51. The van der Waals surface area contributed by atoms with Crippen LogP contribution in [0.5, 0.6) is 0 Å². The van der Waals surface area contributed by atoms with Crippen molar-refractivity contribution in [1.82, 2.24) is 0 Å². The quantitative estimate of drug-likeness (QED) is 0.806. The van der Waals surface area contributed by atoms with Crippen LogP contribution in [-0.2, 0) is 10.3 Å². The molecule has 0 radical (unpaired) electrons. The maximum Gasteiger partial charge on any atom is 0.338 e. The van der Waals surface area contributed by atoms with Crippen LogP contribution >= 0.6 is 0 Å². The van der Waals surface area contributed by atoms with Gasteiger partial charge in [0, 0.05) is 0 Å². The monoisotopic (exact) mass is 252 g/mol. The molecular formula is C14H20O4. The summed E-state index contributed by atoms with van der Waals surface area (Å²) in [5.41, 5.74) is -1.09. The van der Waals surface area contributed by atoms with Gasteiger partial charge >= 0.3 is 5.97 Å². The lowest BCUT2D eigenvalue weighted by Gasteiger charge is -2.22. The summed E-state index contributed by atoms with van der Waals surface area (Å²) in [6.07, 6.45) is 0. The molecule has 2 N–H and O–H groups in total. The van der Waals surface area contributed by atoms with Crippen molar-refractivity contribution >= 4 is 5.97 Å². The second-order valence-corrected chi connectivity index (χ2v) is 5.51. The Morgan fingerprint density at radius 2 is 1.89 bits per heavy atom. The predicted molar refractivity (Wildman–Crippen MR) is 68.3 cm³/mol. The van der Waals surface area contributed by atoms with Crippen molar-refractivity contribution in [1.29, 1.82) is 0 Å². The molecule has 18 heavy (non-hydrogen) atoms. The third-order valence-electron chi connectivity index (χ3n) is 2.43. The normalized spacial score (nSPS) is 15.0. The van der Waals surface area contributed by atoms with Crippen molar-refractivity contribution < 1.29 is 19.7 Å². The summed E-state index contributed by atoms with van der Waals surface area (Å²) in [4.78, 5) is 11.9. The fourth-order valence-electron chi connectivity index (χ4n) is 1.41. The average Bonchev–Trinajstić information content (AvgIpc) is 2.27. The minimum absolute atomic E-state index is 0.358. The maximum atomic E-state index is 11.9. The fourth-order valence-corrected chi connectivity index (χ4v) is 1.41. The van der Waals surface area contributed by atoms with Crippen molar-refractivity contribution in [3.8, 4) is 0 Å². The number of carbonyl (C=O) groups excluding carboxylic acids is 1. The molecule has 0 aliphatic carbocycles.